The van der Waals surface area contributed by atoms with E-state index in [9.17, 15) is 18.0 Å². The number of hydrogen-bond acceptors (Lipinski definition) is 4. The van der Waals surface area contributed by atoms with Crippen LogP contribution in [0.25, 0.3) is 0 Å². The molecule has 3 aromatic carbocycles. The van der Waals surface area contributed by atoms with Crippen molar-refractivity contribution < 1.29 is 18.0 Å². The van der Waals surface area contributed by atoms with Crippen LogP contribution in [-0.2, 0) is 6.54 Å². The van der Waals surface area contributed by atoms with E-state index in [0.29, 0.717) is 23.5 Å². The normalized spacial score (nSPS) is 12.6. The number of nitrogens with zero attached hydrogens (tertiary/aromatic N) is 2. The second-order valence-corrected chi connectivity index (χ2v) is 7.97. The van der Waals surface area contributed by atoms with Gasteiger partial charge in [0.05, 0.1) is 12.2 Å². The summed E-state index contributed by atoms with van der Waals surface area (Å²) in [5, 5.41) is 6.07. The van der Waals surface area contributed by atoms with E-state index in [-0.39, 0.29) is 11.6 Å². The molecule has 0 unspecified atom stereocenters. The van der Waals surface area contributed by atoms with Gasteiger partial charge in [-0.25, -0.2) is 13.2 Å². The third kappa shape index (κ3) is 4.05. The van der Waals surface area contributed by atoms with E-state index in [2.05, 4.69) is 15.6 Å². The molecule has 0 aliphatic carbocycles. The molecule has 0 saturated heterocycles. The van der Waals surface area contributed by atoms with E-state index in [1.54, 1.807) is 41.4 Å². The summed E-state index contributed by atoms with van der Waals surface area (Å²) >= 11 is 0. The number of amides is 1. The first-order valence-electron chi connectivity index (χ1n) is 10.5. The van der Waals surface area contributed by atoms with Crippen LogP contribution < -0.4 is 15.5 Å². The summed E-state index contributed by atoms with van der Waals surface area (Å²) in [6.07, 6.45) is 1.73. The van der Waals surface area contributed by atoms with Gasteiger partial charge in [0, 0.05) is 40.2 Å². The molecule has 0 saturated carbocycles. The maximum absolute atomic E-state index is 14.1. The number of pyridine rings is 1. The number of rotatable bonds is 5. The summed E-state index contributed by atoms with van der Waals surface area (Å²) in [5.41, 5.74) is 4.93. The highest BCUT2D eigenvalue weighted by Crippen LogP contribution is 2.33. The van der Waals surface area contributed by atoms with Crippen LogP contribution in [0, 0.1) is 24.4 Å². The molecule has 0 fully saturated rings. The van der Waals surface area contributed by atoms with Gasteiger partial charge in [-0.1, -0.05) is 6.07 Å². The van der Waals surface area contributed by atoms with Crippen LogP contribution >= 0.6 is 0 Å². The fraction of sp³-hybridized carbons (Fsp3) is 0.0769. The molecule has 1 aliphatic heterocycles. The molecular weight excluding hydrogens is 441 g/mol. The van der Waals surface area contributed by atoms with E-state index >= 15 is 0 Å². The maximum Gasteiger partial charge on any atom is 0.258 e. The van der Waals surface area contributed by atoms with Crippen LogP contribution in [0.4, 0.5) is 41.6 Å². The Morgan fingerprint density at radius 2 is 1.65 bits per heavy atom. The Bertz CT molecular complexity index is 1420. The number of aryl methyl sites for hydroxylation is 1. The molecule has 2 heterocycles. The van der Waals surface area contributed by atoms with Crippen molar-refractivity contribution in [2.45, 2.75) is 13.5 Å². The van der Waals surface area contributed by atoms with Gasteiger partial charge in [0.1, 0.15) is 0 Å². The number of nitrogens with one attached hydrogen (secondary N) is 2. The minimum absolute atomic E-state index is 0.155. The van der Waals surface area contributed by atoms with Gasteiger partial charge >= 0.3 is 0 Å². The SMILES string of the molecule is Cc1cc(Nc2ccc3c(c2)CN(c2cccc(Nc4ccc(F)c(F)c4F)c2)C3=O)ccn1. The predicted octanol–water partition coefficient (Wildman–Crippen LogP) is 6.45. The van der Waals surface area contributed by atoms with Crippen LogP contribution in [0.3, 0.4) is 0 Å². The topological polar surface area (TPSA) is 57.3 Å². The second-order valence-electron chi connectivity index (χ2n) is 7.97. The molecule has 170 valence electrons. The number of fused-ring (bicyclic) bond motifs is 1. The van der Waals surface area contributed by atoms with E-state index < -0.39 is 17.5 Å². The molecule has 34 heavy (non-hydrogen) atoms. The number of benzene rings is 3. The van der Waals surface area contributed by atoms with Crippen LogP contribution in [0.1, 0.15) is 21.6 Å². The standard InChI is InChI=1S/C26H19F3N4O/c1-15-11-19(9-10-30-15)31-18-5-6-21-16(12-18)14-33(26(21)34)20-4-2-3-17(13-20)32-23-8-7-22(27)24(28)25(23)29/h2-13,32H,14H2,1H3,(H,30,31). The molecule has 1 amide bonds. The van der Waals surface area contributed by atoms with Crippen molar-refractivity contribution in [2.75, 3.05) is 15.5 Å². The van der Waals surface area contributed by atoms with E-state index in [1.165, 1.54) is 0 Å². The summed E-state index contributed by atoms with van der Waals surface area (Å²) in [4.78, 5) is 18.8. The van der Waals surface area contributed by atoms with Crippen molar-refractivity contribution in [3.8, 4) is 0 Å². The Balaban J connectivity index is 1.37. The molecule has 0 atom stereocenters. The molecule has 2 N–H and O–H groups in total. The zero-order valence-corrected chi connectivity index (χ0v) is 18.1. The van der Waals surface area contributed by atoms with Gasteiger partial charge in [0.15, 0.2) is 17.5 Å². The Hall–Kier alpha value is -4.33. The number of aromatic nitrogens is 1. The number of carbonyl (C=O) groups is 1. The second kappa shape index (κ2) is 8.55. The highest BCUT2D eigenvalue weighted by molar-refractivity contribution is 6.10. The largest absolute Gasteiger partial charge is 0.355 e. The third-order valence-electron chi connectivity index (χ3n) is 5.57. The van der Waals surface area contributed by atoms with Gasteiger partial charge < -0.3 is 15.5 Å². The quantitative estimate of drug-likeness (QED) is 0.336. The molecule has 5 rings (SSSR count). The van der Waals surface area contributed by atoms with Crippen LogP contribution in [-0.4, -0.2) is 10.9 Å². The monoisotopic (exact) mass is 460 g/mol. The van der Waals surface area contributed by atoms with Crippen molar-refractivity contribution >= 4 is 34.3 Å². The molecule has 8 heteroatoms. The highest BCUT2D eigenvalue weighted by atomic mass is 19.2. The molecule has 1 aromatic heterocycles. The van der Waals surface area contributed by atoms with Gasteiger partial charge in [0.25, 0.3) is 5.91 Å². The van der Waals surface area contributed by atoms with E-state index in [0.717, 1.165) is 34.8 Å². The van der Waals surface area contributed by atoms with Crippen molar-refractivity contribution in [1.82, 2.24) is 4.98 Å². The maximum atomic E-state index is 14.1. The Morgan fingerprint density at radius 3 is 2.47 bits per heavy atom. The zero-order valence-electron chi connectivity index (χ0n) is 18.1. The molecule has 4 aromatic rings. The number of carbonyl (C=O) groups excluding carboxylic acids is 1. The Labute approximate surface area is 193 Å². The van der Waals surface area contributed by atoms with Crippen LogP contribution in [0.2, 0.25) is 0 Å². The summed E-state index contributed by atoms with van der Waals surface area (Å²) in [6.45, 7) is 2.27. The minimum atomic E-state index is -1.54. The fourth-order valence-electron chi connectivity index (χ4n) is 3.93. The molecular formula is C26H19F3N4O. The van der Waals surface area contributed by atoms with Crippen LogP contribution in [0.15, 0.2) is 72.9 Å². The predicted molar refractivity (Wildman–Crippen MR) is 125 cm³/mol. The van der Waals surface area contributed by atoms with Crippen molar-refractivity contribution in [1.29, 1.82) is 0 Å². The highest BCUT2D eigenvalue weighted by Gasteiger charge is 2.29. The first-order chi connectivity index (χ1) is 16.4. The zero-order chi connectivity index (χ0) is 23.8. The molecule has 5 nitrogen and oxygen atoms in total. The molecule has 1 aliphatic rings. The molecule has 0 spiro atoms. The molecule has 0 radical (unpaired) electrons. The van der Waals surface area contributed by atoms with Crippen molar-refractivity contribution in [3.63, 3.8) is 0 Å². The minimum Gasteiger partial charge on any atom is -0.355 e. The first kappa shape index (κ1) is 21.5. The van der Waals surface area contributed by atoms with Gasteiger partial charge in [-0.3, -0.25) is 9.78 Å². The number of anilines is 5. The third-order valence-corrected chi connectivity index (χ3v) is 5.57. The fourth-order valence-corrected chi connectivity index (χ4v) is 3.93. The van der Waals surface area contributed by atoms with Gasteiger partial charge in [-0.15, -0.1) is 0 Å². The number of hydrogen-bond donors (Lipinski definition) is 2. The summed E-state index contributed by atoms with van der Waals surface area (Å²) in [6, 6.07) is 18.1. The van der Waals surface area contributed by atoms with Crippen molar-refractivity contribution in [3.05, 3.63) is 107 Å². The lowest BCUT2D eigenvalue weighted by Crippen LogP contribution is -2.22. The van der Waals surface area contributed by atoms with E-state index in [1.807, 2.05) is 31.2 Å². The molecule has 0 bridgehead atoms. The first-order valence-corrected chi connectivity index (χ1v) is 10.5. The lowest BCUT2D eigenvalue weighted by molar-refractivity contribution is 0.0996. The summed E-state index contributed by atoms with van der Waals surface area (Å²) in [7, 11) is 0. The lowest BCUT2D eigenvalue weighted by Gasteiger charge is -2.17. The summed E-state index contributed by atoms with van der Waals surface area (Å²) < 4.78 is 40.8. The average molecular weight is 460 g/mol. The number of halogens is 3. The van der Waals surface area contributed by atoms with Gasteiger partial charge in [0.2, 0.25) is 0 Å². The van der Waals surface area contributed by atoms with Gasteiger partial charge in [-0.2, -0.15) is 0 Å². The van der Waals surface area contributed by atoms with E-state index in [4.69, 9.17) is 0 Å². The van der Waals surface area contributed by atoms with Gasteiger partial charge in [-0.05, 0) is 73.2 Å². The van der Waals surface area contributed by atoms with Crippen LogP contribution in [0.5, 0.6) is 0 Å². The Kier molecular flexibility index (Phi) is 5.41. The smallest absolute Gasteiger partial charge is 0.258 e. The van der Waals surface area contributed by atoms with Crippen molar-refractivity contribution in [2.24, 2.45) is 0 Å². The lowest BCUT2D eigenvalue weighted by atomic mass is 10.1. The Morgan fingerprint density at radius 1 is 0.853 bits per heavy atom. The summed E-state index contributed by atoms with van der Waals surface area (Å²) in [5.74, 6) is -4.26. The average Bonchev–Trinajstić information content (AvgIpc) is 3.15.